The first-order valence-corrected chi connectivity index (χ1v) is 14.0. The third kappa shape index (κ3) is 7.85. The zero-order valence-corrected chi connectivity index (χ0v) is 20.7. The van der Waals surface area contributed by atoms with Gasteiger partial charge in [-0.3, -0.25) is 4.79 Å². The van der Waals surface area contributed by atoms with Crippen molar-refractivity contribution in [1.82, 2.24) is 14.5 Å². The number of hydrogen-bond donors (Lipinski definition) is 1. The molecular weight excluding hydrogens is 422 g/mol. The molecule has 0 aromatic heterocycles. The van der Waals surface area contributed by atoms with Crippen LogP contribution in [-0.2, 0) is 21.2 Å². The van der Waals surface area contributed by atoms with Gasteiger partial charge in [-0.25, -0.2) is 12.7 Å². The van der Waals surface area contributed by atoms with E-state index in [0.717, 1.165) is 62.7 Å². The van der Waals surface area contributed by atoms with E-state index in [1.807, 2.05) is 30.3 Å². The second-order valence-electron chi connectivity index (χ2n) is 9.95. The van der Waals surface area contributed by atoms with Gasteiger partial charge in [0.15, 0.2) is 0 Å². The SMILES string of the molecule is C[C@@H]1C[C@H](C)CN(CCCNC(=O)[C@@H]2CCCN(S(=O)(=O)CCCc3ccccc3)C2)C1. The lowest BCUT2D eigenvalue weighted by Crippen LogP contribution is -2.46. The Hall–Kier alpha value is -1.44. The number of rotatable bonds is 10. The summed E-state index contributed by atoms with van der Waals surface area (Å²) in [6.07, 6.45) is 5.13. The fourth-order valence-electron chi connectivity index (χ4n) is 5.27. The molecule has 0 saturated carbocycles. The smallest absolute Gasteiger partial charge is 0.224 e. The molecule has 3 atom stereocenters. The maximum atomic E-state index is 12.8. The molecule has 6 nitrogen and oxygen atoms in total. The Bertz CT molecular complexity index is 805. The van der Waals surface area contributed by atoms with Gasteiger partial charge in [0.2, 0.25) is 15.9 Å². The van der Waals surface area contributed by atoms with Crippen LogP contribution in [-0.4, -0.2) is 68.6 Å². The number of amides is 1. The fraction of sp³-hybridized carbons (Fsp3) is 0.720. The first kappa shape index (κ1) is 25.2. The molecule has 180 valence electrons. The number of nitrogens with zero attached hydrogens (tertiary/aromatic N) is 2. The first-order chi connectivity index (χ1) is 15.3. The molecule has 0 aliphatic carbocycles. The molecule has 0 spiro atoms. The van der Waals surface area contributed by atoms with Crippen molar-refractivity contribution in [3.63, 3.8) is 0 Å². The van der Waals surface area contributed by atoms with E-state index < -0.39 is 10.0 Å². The number of likely N-dealkylation sites (tertiary alicyclic amines) is 1. The van der Waals surface area contributed by atoms with Gasteiger partial charge in [-0.1, -0.05) is 44.2 Å². The minimum absolute atomic E-state index is 0.00886. The zero-order valence-electron chi connectivity index (χ0n) is 19.8. The molecule has 1 N–H and O–H groups in total. The van der Waals surface area contributed by atoms with Gasteiger partial charge in [-0.2, -0.15) is 0 Å². The topological polar surface area (TPSA) is 69.7 Å². The van der Waals surface area contributed by atoms with Gasteiger partial charge >= 0.3 is 0 Å². The Morgan fingerprint density at radius 3 is 2.50 bits per heavy atom. The van der Waals surface area contributed by atoms with Gasteiger partial charge in [0.05, 0.1) is 11.7 Å². The quantitative estimate of drug-likeness (QED) is 0.541. The number of nitrogens with one attached hydrogen (secondary N) is 1. The fourth-order valence-corrected chi connectivity index (χ4v) is 6.86. The van der Waals surface area contributed by atoms with Crippen LogP contribution in [0.1, 0.15) is 51.5 Å². The van der Waals surface area contributed by atoms with Gasteiger partial charge in [0.1, 0.15) is 0 Å². The summed E-state index contributed by atoms with van der Waals surface area (Å²) < 4.78 is 27.2. The van der Waals surface area contributed by atoms with Crippen LogP contribution in [0.15, 0.2) is 30.3 Å². The van der Waals surface area contributed by atoms with Crippen LogP contribution in [0.25, 0.3) is 0 Å². The molecule has 0 bridgehead atoms. The van der Waals surface area contributed by atoms with Crippen molar-refractivity contribution in [2.45, 2.75) is 52.4 Å². The predicted octanol–water partition coefficient (Wildman–Crippen LogP) is 3.15. The molecule has 3 rings (SSSR count). The number of aryl methyl sites for hydroxylation is 1. The van der Waals surface area contributed by atoms with Gasteiger partial charge in [0.25, 0.3) is 0 Å². The maximum Gasteiger partial charge on any atom is 0.224 e. The van der Waals surface area contributed by atoms with Crippen molar-refractivity contribution >= 4 is 15.9 Å². The third-order valence-corrected chi connectivity index (χ3v) is 8.68. The van der Waals surface area contributed by atoms with Crippen LogP contribution >= 0.6 is 0 Å². The Morgan fingerprint density at radius 2 is 1.78 bits per heavy atom. The highest BCUT2D eigenvalue weighted by atomic mass is 32.2. The summed E-state index contributed by atoms with van der Waals surface area (Å²) in [5.41, 5.74) is 1.16. The highest BCUT2D eigenvalue weighted by Crippen LogP contribution is 2.22. The maximum absolute atomic E-state index is 12.8. The highest BCUT2D eigenvalue weighted by Gasteiger charge is 2.32. The summed E-state index contributed by atoms with van der Waals surface area (Å²) in [5.74, 6) is 1.41. The summed E-state index contributed by atoms with van der Waals surface area (Å²) in [4.78, 5) is 15.2. The zero-order chi connectivity index (χ0) is 23.0. The molecule has 2 heterocycles. The predicted molar refractivity (Wildman–Crippen MR) is 130 cm³/mol. The molecular formula is C25H41N3O3S. The van der Waals surface area contributed by atoms with E-state index in [-0.39, 0.29) is 17.6 Å². The summed E-state index contributed by atoms with van der Waals surface area (Å²) in [6.45, 7) is 9.46. The number of benzene rings is 1. The Morgan fingerprint density at radius 1 is 1.06 bits per heavy atom. The molecule has 2 saturated heterocycles. The minimum atomic E-state index is -3.32. The Labute approximate surface area is 194 Å². The standard InChI is InChI=1S/C25H41N3O3S/c1-21-17-22(2)19-27(18-21)14-8-13-26-25(29)24-12-6-15-28(20-24)32(30,31)16-7-11-23-9-4-3-5-10-23/h3-5,9-10,21-22,24H,6-8,11-20H2,1-2H3,(H,26,29)/t21-,22+,24-/m1/s1. The second-order valence-corrected chi connectivity index (χ2v) is 12.0. The van der Waals surface area contributed by atoms with E-state index in [4.69, 9.17) is 0 Å². The molecule has 1 amide bonds. The first-order valence-electron chi connectivity index (χ1n) is 12.4. The van der Waals surface area contributed by atoms with Crippen molar-refractivity contribution in [2.75, 3.05) is 45.0 Å². The van der Waals surface area contributed by atoms with E-state index in [9.17, 15) is 13.2 Å². The number of piperidine rings is 2. The van der Waals surface area contributed by atoms with E-state index in [2.05, 4.69) is 24.1 Å². The number of sulfonamides is 1. The van der Waals surface area contributed by atoms with Gasteiger partial charge in [-0.15, -0.1) is 0 Å². The molecule has 0 radical (unpaired) electrons. The van der Waals surface area contributed by atoms with Crippen LogP contribution in [0.3, 0.4) is 0 Å². The summed E-state index contributed by atoms with van der Waals surface area (Å²) in [5, 5.41) is 3.06. The molecule has 32 heavy (non-hydrogen) atoms. The third-order valence-electron chi connectivity index (χ3n) is 6.75. The Kier molecular flexibility index (Phi) is 9.56. The van der Waals surface area contributed by atoms with Crippen LogP contribution in [0.2, 0.25) is 0 Å². The van der Waals surface area contributed by atoms with E-state index in [1.165, 1.54) is 6.42 Å². The summed E-state index contributed by atoms with van der Waals surface area (Å²) in [6, 6.07) is 9.98. The number of carbonyl (C=O) groups is 1. The van der Waals surface area contributed by atoms with E-state index >= 15 is 0 Å². The van der Waals surface area contributed by atoms with Crippen LogP contribution in [0, 0.1) is 17.8 Å². The van der Waals surface area contributed by atoms with Crippen molar-refractivity contribution in [1.29, 1.82) is 0 Å². The monoisotopic (exact) mass is 463 g/mol. The molecule has 2 aliphatic rings. The number of hydrogen-bond acceptors (Lipinski definition) is 4. The van der Waals surface area contributed by atoms with Crippen LogP contribution in [0.4, 0.5) is 0 Å². The van der Waals surface area contributed by atoms with Crippen LogP contribution in [0.5, 0.6) is 0 Å². The van der Waals surface area contributed by atoms with Crippen molar-refractivity contribution in [2.24, 2.45) is 17.8 Å². The molecule has 2 fully saturated rings. The van der Waals surface area contributed by atoms with Gasteiger partial charge in [-0.05, 0) is 62.5 Å². The summed E-state index contributed by atoms with van der Waals surface area (Å²) >= 11 is 0. The minimum Gasteiger partial charge on any atom is -0.356 e. The average Bonchev–Trinajstić information content (AvgIpc) is 2.77. The normalized spacial score (nSPS) is 25.5. The lowest BCUT2D eigenvalue weighted by Gasteiger charge is -2.35. The second kappa shape index (κ2) is 12.1. The average molecular weight is 464 g/mol. The van der Waals surface area contributed by atoms with Crippen LogP contribution < -0.4 is 5.32 Å². The lowest BCUT2D eigenvalue weighted by atomic mass is 9.92. The molecule has 2 aliphatic heterocycles. The number of carbonyl (C=O) groups excluding carboxylic acids is 1. The van der Waals surface area contributed by atoms with Crippen molar-refractivity contribution in [3.05, 3.63) is 35.9 Å². The molecule has 1 aromatic carbocycles. The Balaban J connectivity index is 1.37. The highest BCUT2D eigenvalue weighted by molar-refractivity contribution is 7.89. The van der Waals surface area contributed by atoms with E-state index in [1.54, 1.807) is 4.31 Å². The molecule has 7 heteroatoms. The lowest BCUT2D eigenvalue weighted by molar-refractivity contribution is -0.126. The van der Waals surface area contributed by atoms with E-state index in [0.29, 0.717) is 26.1 Å². The van der Waals surface area contributed by atoms with Gasteiger partial charge in [0, 0.05) is 32.7 Å². The van der Waals surface area contributed by atoms with Crippen molar-refractivity contribution < 1.29 is 13.2 Å². The van der Waals surface area contributed by atoms with Gasteiger partial charge < -0.3 is 10.2 Å². The largest absolute Gasteiger partial charge is 0.356 e. The summed E-state index contributed by atoms with van der Waals surface area (Å²) in [7, 11) is -3.32. The molecule has 0 unspecified atom stereocenters. The van der Waals surface area contributed by atoms with Crippen molar-refractivity contribution in [3.8, 4) is 0 Å². The molecule has 1 aromatic rings.